The van der Waals surface area contributed by atoms with E-state index >= 15 is 0 Å². The van der Waals surface area contributed by atoms with Gasteiger partial charge in [-0.1, -0.05) is 26.8 Å². The van der Waals surface area contributed by atoms with Crippen molar-refractivity contribution in [2.24, 2.45) is 17.6 Å². The van der Waals surface area contributed by atoms with Crippen LogP contribution < -0.4 is 10.5 Å². The van der Waals surface area contributed by atoms with Gasteiger partial charge in [-0.2, -0.15) is 0 Å². The number of fused-ring (bicyclic) bond motifs is 1. The van der Waals surface area contributed by atoms with E-state index < -0.39 is 0 Å². The smallest absolute Gasteiger partial charge is 0.128 e. The van der Waals surface area contributed by atoms with Crippen LogP contribution in [0.25, 0.3) is 10.9 Å². The van der Waals surface area contributed by atoms with Gasteiger partial charge in [-0.3, -0.25) is 0 Å². The summed E-state index contributed by atoms with van der Waals surface area (Å²) in [7, 11) is 0. The van der Waals surface area contributed by atoms with Crippen molar-refractivity contribution in [1.82, 2.24) is 4.98 Å². The number of aromatic amines is 1. The van der Waals surface area contributed by atoms with Gasteiger partial charge < -0.3 is 15.5 Å². The largest absolute Gasteiger partial charge is 0.493 e. The Morgan fingerprint density at radius 1 is 1.25 bits per heavy atom. The number of hydrogen-bond acceptors (Lipinski definition) is 2. The highest BCUT2D eigenvalue weighted by molar-refractivity contribution is 5.89. The standard InChI is InChI=1S/C17H26N2O/c1-12(2)9-13(3)11-20-16-6-4-5-15-17(16)14(7-8-18)10-19-15/h4-6,10,12-13,19H,7-9,11,18H2,1-3H3. The molecule has 0 saturated carbocycles. The molecule has 1 atom stereocenters. The lowest BCUT2D eigenvalue weighted by atomic mass is 10.00. The first-order chi connectivity index (χ1) is 9.61. The second kappa shape index (κ2) is 6.80. The number of benzene rings is 1. The molecule has 0 aliphatic rings. The van der Waals surface area contributed by atoms with Gasteiger partial charge in [0.25, 0.3) is 0 Å². The summed E-state index contributed by atoms with van der Waals surface area (Å²) < 4.78 is 6.07. The van der Waals surface area contributed by atoms with E-state index in [2.05, 4.69) is 37.9 Å². The molecule has 0 saturated heterocycles. The lowest BCUT2D eigenvalue weighted by Crippen LogP contribution is -2.11. The van der Waals surface area contributed by atoms with Gasteiger partial charge in [-0.15, -0.1) is 0 Å². The normalized spacial score (nSPS) is 13.1. The Morgan fingerprint density at radius 3 is 2.75 bits per heavy atom. The number of nitrogens with two attached hydrogens (primary N) is 1. The average molecular weight is 274 g/mol. The molecule has 3 nitrogen and oxygen atoms in total. The highest BCUT2D eigenvalue weighted by Gasteiger charge is 2.11. The third-order valence-electron chi connectivity index (χ3n) is 3.56. The van der Waals surface area contributed by atoms with Crippen molar-refractivity contribution in [1.29, 1.82) is 0 Å². The van der Waals surface area contributed by atoms with Crippen LogP contribution in [0.2, 0.25) is 0 Å². The first-order valence-electron chi connectivity index (χ1n) is 7.53. The molecule has 3 N–H and O–H groups in total. The predicted octanol–water partition coefficient (Wildman–Crippen LogP) is 3.73. The Kier molecular flexibility index (Phi) is 5.07. The van der Waals surface area contributed by atoms with Crippen molar-refractivity contribution >= 4 is 10.9 Å². The monoisotopic (exact) mass is 274 g/mol. The van der Waals surface area contributed by atoms with E-state index in [1.165, 1.54) is 17.4 Å². The molecule has 0 amide bonds. The summed E-state index contributed by atoms with van der Waals surface area (Å²) in [5.41, 5.74) is 8.06. The van der Waals surface area contributed by atoms with Crippen LogP contribution in [0.5, 0.6) is 5.75 Å². The van der Waals surface area contributed by atoms with E-state index in [9.17, 15) is 0 Å². The van der Waals surface area contributed by atoms with Gasteiger partial charge in [0.1, 0.15) is 5.75 Å². The van der Waals surface area contributed by atoms with Crippen LogP contribution in [0.4, 0.5) is 0 Å². The van der Waals surface area contributed by atoms with Crippen molar-refractivity contribution in [3.63, 3.8) is 0 Å². The van der Waals surface area contributed by atoms with E-state index in [1.807, 2.05) is 12.3 Å². The molecule has 2 rings (SSSR count). The van der Waals surface area contributed by atoms with Gasteiger partial charge in [0.05, 0.1) is 6.61 Å². The summed E-state index contributed by atoms with van der Waals surface area (Å²) in [6.07, 6.45) is 4.11. The lowest BCUT2D eigenvalue weighted by molar-refractivity contribution is 0.241. The van der Waals surface area contributed by atoms with Gasteiger partial charge in [-0.25, -0.2) is 0 Å². The zero-order chi connectivity index (χ0) is 14.5. The van der Waals surface area contributed by atoms with Gasteiger partial charge in [0.15, 0.2) is 0 Å². The fraction of sp³-hybridized carbons (Fsp3) is 0.529. The summed E-state index contributed by atoms with van der Waals surface area (Å²) in [5.74, 6) is 2.26. The molecular weight excluding hydrogens is 248 g/mol. The maximum Gasteiger partial charge on any atom is 0.128 e. The Balaban J connectivity index is 2.14. The van der Waals surface area contributed by atoms with Crippen molar-refractivity contribution in [3.8, 4) is 5.75 Å². The Labute approximate surface area is 121 Å². The van der Waals surface area contributed by atoms with Crippen molar-refractivity contribution < 1.29 is 4.74 Å². The van der Waals surface area contributed by atoms with E-state index in [1.54, 1.807) is 0 Å². The van der Waals surface area contributed by atoms with Crippen molar-refractivity contribution in [3.05, 3.63) is 30.0 Å². The summed E-state index contributed by atoms with van der Waals surface area (Å²) in [4.78, 5) is 3.30. The molecule has 1 aromatic carbocycles. The number of rotatable bonds is 7. The van der Waals surface area contributed by atoms with E-state index in [0.717, 1.165) is 24.3 Å². The summed E-state index contributed by atoms with van der Waals surface area (Å²) in [6, 6.07) is 6.17. The van der Waals surface area contributed by atoms with Crippen LogP contribution in [0.15, 0.2) is 24.4 Å². The first-order valence-corrected chi connectivity index (χ1v) is 7.53. The Morgan fingerprint density at radius 2 is 2.05 bits per heavy atom. The minimum Gasteiger partial charge on any atom is -0.493 e. The molecule has 1 heterocycles. The van der Waals surface area contributed by atoms with E-state index in [-0.39, 0.29) is 0 Å². The zero-order valence-corrected chi connectivity index (χ0v) is 12.8. The molecule has 3 heteroatoms. The van der Waals surface area contributed by atoms with Crippen LogP contribution in [0.3, 0.4) is 0 Å². The second-order valence-electron chi connectivity index (χ2n) is 6.08. The van der Waals surface area contributed by atoms with Crippen LogP contribution in [-0.4, -0.2) is 18.1 Å². The number of nitrogens with one attached hydrogen (secondary N) is 1. The third-order valence-corrected chi connectivity index (χ3v) is 3.56. The van der Waals surface area contributed by atoms with E-state index in [0.29, 0.717) is 18.4 Å². The fourth-order valence-corrected chi connectivity index (χ4v) is 2.80. The maximum atomic E-state index is 6.07. The molecule has 20 heavy (non-hydrogen) atoms. The van der Waals surface area contributed by atoms with Crippen LogP contribution in [0.1, 0.15) is 32.8 Å². The van der Waals surface area contributed by atoms with Gasteiger partial charge in [0.2, 0.25) is 0 Å². The Bertz CT molecular complexity index is 545. The third kappa shape index (κ3) is 3.54. The molecule has 0 radical (unpaired) electrons. The highest BCUT2D eigenvalue weighted by Crippen LogP contribution is 2.29. The SMILES string of the molecule is CC(C)CC(C)COc1cccc2[nH]cc(CCN)c12. The minimum absolute atomic E-state index is 0.571. The number of aromatic nitrogens is 1. The van der Waals surface area contributed by atoms with Gasteiger partial charge in [-0.05, 0) is 48.9 Å². The summed E-state index contributed by atoms with van der Waals surface area (Å²) in [5, 5.41) is 1.19. The van der Waals surface area contributed by atoms with Gasteiger partial charge >= 0.3 is 0 Å². The van der Waals surface area contributed by atoms with E-state index in [4.69, 9.17) is 10.5 Å². The Hall–Kier alpha value is -1.48. The molecule has 0 aliphatic carbocycles. The molecule has 1 aromatic heterocycles. The highest BCUT2D eigenvalue weighted by atomic mass is 16.5. The second-order valence-corrected chi connectivity index (χ2v) is 6.08. The molecule has 1 unspecified atom stereocenters. The zero-order valence-electron chi connectivity index (χ0n) is 12.8. The molecule has 0 fully saturated rings. The number of H-pyrrole nitrogens is 1. The van der Waals surface area contributed by atoms with Crippen LogP contribution >= 0.6 is 0 Å². The number of ether oxygens (including phenoxy) is 1. The topological polar surface area (TPSA) is 51.0 Å². The maximum absolute atomic E-state index is 6.07. The van der Waals surface area contributed by atoms with Crippen molar-refractivity contribution in [2.45, 2.75) is 33.6 Å². The summed E-state index contributed by atoms with van der Waals surface area (Å²) in [6.45, 7) is 8.18. The molecule has 110 valence electrons. The lowest BCUT2D eigenvalue weighted by Gasteiger charge is -2.16. The summed E-state index contributed by atoms with van der Waals surface area (Å²) >= 11 is 0. The molecule has 0 bridgehead atoms. The molecule has 0 spiro atoms. The molecule has 2 aromatic rings. The average Bonchev–Trinajstić information content (AvgIpc) is 2.80. The van der Waals surface area contributed by atoms with Crippen LogP contribution in [-0.2, 0) is 6.42 Å². The van der Waals surface area contributed by atoms with Gasteiger partial charge in [0, 0.05) is 17.1 Å². The van der Waals surface area contributed by atoms with Crippen LogP contribution in [0, 0.1) is 11.8 Å². The number of hydrogen-bond donors (Lipinski definition) is 2. The quantitative estimate of drug-likeness (QED) is 0.808. The molecular formula is C17H26N2O. The fourth-order valence-electron chi connectivity index (χ4n) is 2.80. The predicted molar refractivity (Wildman–Crippen MR) is 85.2 cm³/mol. The first kappa shape index (κ1) is 14.9. The minimum atomic E-state index is 0.571. The van der Waals surface area contributed by atoms with Crippen molar-refractivity contribution in [2.75, 3.05) is 13.2 Å². The molecule has 0 aliphatic heterocycles.